The van der Waals surface area contributed by atoms with Gasteiger partial charge in [-0.05, 0) is 89.9 Å². The number of aliphatic carboxylic acids is 1. The van der Waals surface area contributed by atoms with E-state index >= 15 is 0 Å². The van der Waals surface area contributed by atoms with E-state index in [1.807, 2.05) is 21.1 Å². The topological polar surface area (TPSA) is 111 Å². The maximum absolute atomic E-state index is 12.8. The minimum Gasteiger partial charge on any atom is -0.545 e. The summed E-state index contributed by atoms with van der Waals surface area (Å²) in [6.45, 7) is 4.56. The zero-order valence-electron chi connectivity index (χ0n) is 40.0. The molecule has 0 radical (unpaired) electrons. The Morgan fingerprint density at radius 2 is 0.919 bits per heavy atom. The molecule has 0 aliphatic heterocycles. The van der Waals surface area contributed by atoms with E-state index in [0.717, 1.165) is 103 Å². The van der Waals surface area contributed by atoms with Crippen LogP contribution in [0.2, 0.25) is 0 Å². The van der Waals surface area contributed by atoms with E-state index in [-0.39, 0.29) is 38.6 Å². The lowest BCUT2D eigenvalue weighted by molar-refractivity contribution is -0.870. The van der Waals surface area contributed by atoms with Crippen LogP contribution in [0.3, 0.4) is 0 Å². The van der Waals surface area contributed by atoms with Gasteiger partial charge in [-0.1, -0.05) is 157 Å². The van der Waals surface area contributed by atoms with Crippen molar-refractivity contribution in [3.05, 3.63) is 85.1 Å². The van der Waals surface area contributed by atoms with E-state index in [1.54, 1.807) is 0 Å². The molecule has 0 aliphatic rings. The van der Waals surface area contributed by atoms with Crippen LogP contribution in [0.15, 0.2) is 85.1 Å². The van der Waals surface area contributed by atoms with Crippen LogP contribution in [0, 0.1) is 0 Å². The van der Waals surface area contributed by atoms with Crippen LogP contribution in [-0.2, 0) is 33.3 Å². The third kappa shape index (κ3) is 44.5. The molecule has 0 heterocycles. The Bertz CT molecular complexity index is 1290. The molecule has 0 amide bonds. The summed E-state index contributed by atoms with van der Waals surface area (Å²) in [6, 6.07) is 0. The molecular formula is C53H89NO8. The first-order valence-electron chi connectivity index (χ1n) is 24.2. The van der Waals surface area contributed by atoms with Crippen LogP contribution >= 0.6 is 0 Å². The molecule has 2 atom stereocenters. The molecule has 0 aromatic carbocycles. The highest BCUT2D eigenvalue weighted by Crippen LogP contribution is 2.12. The van der Waals surface area contributed by atoms with Crippen LogP contribution in [0.4, 0.5) is 0 Å². The first kappa shape index (κ1) is 58.5. The van der Waals surface area contributed by atoms with Gasteiger partial charge >= 0.3 is 11.9 Å². The number of likely N-dealkylation sites (N-methyl/N-ethyl adjacent to an activating group) is 1. The van der Waals surface area contributed by atoms with Crippen molar-refractivity contribution in [2.75, 3.05) is 47.5 Å². The molecule has 0 aliphatic carbocycles. The molecular weight excluding hydrogens is 779 g/mol. The quantitative estimate of drug-likeness (QED) is 0.0196. The molecule has 0 saturated heterocycles. The van der Waals surface area contributed by atoms with Crippen molar-refractivity contribution in [1.29, 1.82) is 0 Å². The highest BCUT2D eigenvalue weighted by Gasteiger charge is 2.21. The number of carboxylic acids is 1. The van der Waals surface area contributed by atoms with Crippen LogP contribution in [0.25, 0.3) is 0 Å². The molecule has 0 spiro atoms. The Labute approximate surface area is 379 Å². The van der Waals surface area contributed by atoms with Gasteiger partial charge < -0.3 is 33.3 Å². The molecule has 0 fully saturated rings. The Morgan fingerprint density at radius 3 is 1.39 bits per heavy atom. The summed E-state index contributed by atoms with van der Waals surface area (Å²) in [6.07, 6.45) is 53.3. The van der Waals surface area contributed by atoms with E-state index in [2.05, 4.69) is 98.9 Å². The predicted molar refractivity (Wildman–Crippen MR) is 255 cm³/mol. The first-order chi connectivity index (χ1) is 30.1. The van der Waals surface area contributed by atoms with Gasteiger partial charge in [-0.3, -0.25) is 9.59 Å². The minimum absolute atomic E-state index is 0.136. The second-order valence-corrected chi connectivity index (χ2v) is 17.0. The molecule has 9 nitrogen and oxygen atoms in total. The predicted octanol–water partition coefficient (Wildman–Crippen LogP) is 11.9. The Morgan fingerprint density at radius 1 is 0.500 bits per heavy atom. The van der Waals surface area contributed by atoms with Gasteiger partial charge in [0.25, 0.3) is 0 Å². The zero-order valence-corrected chi connectivity index (χ0v) is 40.0. The summed E-state index contributed by atoms with van der Waals surface area (Å²) in [5, 5.41) is 11.7. The lowest BCUT2D eigenvalue weighted by Crippen LogP contribution is -2.44. The number of esters is 2. The number of carbonyl (C=O) groups is 3. The smallest absolute Gasteiger partial charge is 0.306 e. The summed E-state index contributed by atoms with van der Waals surface area (Å²) in [5.74, 6) is -2.34. The second kappa shape index (κ2) is 44.1. The SMILES string of the molecule is CC/C=C\C/C=C\C/C=C\C/C=C\C/C=C\C/C=C\CCCCCCC(=O)OC(COC(=O)CCCCCCC/C=C\CCCCCCC)COC(OCC[N+](C)(C)C)C(=O)[O-]. The average molecular weight is 868 g/mol. The molecule has 0 N–H and O–H groups in total. The van der Waals surface area contributed by atoms with Gasteiger partial charge in [-0.15, -0.1) is 0 Å². The standard InChI is InChI=1S/C53H89NO8/c1-6-8-10-12-14-16-18-20-22-23-24-25-26-27-28-29-30-32-34-36-38-40-42-44-51(56)62-49(48-61-53(52(57)58)59-46-45-54(3,4)5)47-60-50(55)43-41-39-37-35-33-31-21-19-17-15-13-11-9-7-2/h8,10,14,16,19-22,24-25,27-28,30,32,49,53H,6-7,9,11-13,15,17-18,23,26,29,31,33-48H2,1-5H3/b10-8-,16-14-,21-19-,22-20-,25-24-,28-27-,32-30-. The lowest BCUT2D eigenvalue weighted by Gasteiger charge is -2.26. The number of unbranched alkanes of at least 4 members (excludes halogenated alkanes) is 14. The Kier molecular flexibility index (Phi) is 41.6. The van der Waals surface area contributed by atoms with E-state index in [9.17, 15) is 19.5 Å². The number of nitrogens with zero attached hydrogens (tertiary/aromatic N) is 1. The van der Waals surface area contributed by atoms with E-state index in [0.29, 0.717) is 17.4 Å². The first-order valence-corrected chi connectivity index (χ1v) is 24.2. The molecule has 0 aromatic rings. The van der Waals surface area contributed by atoms with Gasteiger partial charge in [0.15, 0.2) is 12.4 Å². The zero-order chi connectivity index (χ0) is 45.6. The number of allylic oxidation sites excluding steroid dienone is 14. The van der Waals surface area contributed by atoms with Crippen molar-refractivity contribution in [2.45, 2.75) is 187 Å². The van der Waals surface area contributed by atoms with Gasteiger partial charge in [0.05, 0.1) is 40.3 Å². The van der Waals surface area contributed by atoms with Crippen molar-refractivity contribution in [1.82, 2.24) is 0 Å². The molecule has 0 aromatic heterocycles. The van der Waals surface area contributed by atoms with Crippen LogP contribution in [0.5, 0.6) is 0 Å². The fourth-order valence-corrected chi connectivity index (χ4v) is 6.12. The molecule has 62 heavy (non-hydrogen) atoms. The summed E-state index contributed by atoms with van der Waals surface area (Å²) in [4.78, 5) is 37.1. The number of ether oxygens (including phenoxy) is 4. The van der Waals surface area contributed by atoms with Crippen LogP contribution < -0.4 is 5.11 Å². The third-order valence-corrected chi connectivity index (χ3v) is 9.88. The molecule has 0 bridgehead atoms. The third-order valence-electron chi connectivity index (χ3n) is 9.88. The van der Waals surface area contributed by atoms with Crippen LogP contribution in [0.1, 0.15) is 174 Å². The van der Waals surface area contributed by atoms with E-state index < -0.39 is 24.3 Å². The molecule has 0 saturated carbocycles. The fraction of sp³-hybridized carbons (Fsp3) is 0.679. The van der Waals surface area contributed by atoms with Crippen molar-refractivity contribution in [2.24, 2.45) is 0 Å². The summed E-state index contributed by atoms with van der Waals surface area (Å²) < 4.78 is 22.5. The highest BCUT2D eigenvalue weighted by molar-refractivity contribution is 5.70. The van der Waals surface area contributed by atoms with Crippen molar-refractivity contribution < 1.29 is 42.9 Å². The van der Waals surface area contributed by atoms with E-state index in [1.165, 1.54) is 38.5 Å². The molecule has 9 heteroatoms. The summed E-state index contributed by atoms with van der Waals surface area (Å²) in [5.41, 5.74) is 0. The number of carboxylic acid groups (broad SMARTS) is 1. The Hall–Kier alpha value is -3.53. The minimum atomic E-state index is -1.63. The van der Waals surface area contributed by atoms with Crippen molar-refractivity contribution in [3.8, 4) is 0 Å². The lowest BCUT2D eigenvalue weighted by atomic mass is 10.1. The van der Waals surface area contributed by atoms with Gasteiger partial charge in [0.1, 0.15) is 13.2 Å². The monoisotopic (exact) mass is 868 g/mol. The van der Waals surface area contributed by atoms with E-state index in [4.69, 9.17) is 18.9 Å². The number of hydrogen-bond acceptors (Lipinski definition) is 8. The fourth-order valence-electron chi connectivity index (χ4n) is 6.12. The number of hydrogen-bond donors (Lipinski definition) is 0. The molecule has 0 rings (SSSR count). The van der Waals surface area contributed by atoms with Crippen LogP contribution in [-0.4, -0.2) is 82.3 Å². The number of rotatable bonds is 43. The van der Waals surface area contributed by atoms with Gasteiger partial charge in [-0.25, -0.2) is 0 Å². The average Bonchev–Trinajstić information content (AvgIpc) is 3.23. The normalized spacial score (nSPS) is 13.6. The van der Waals surface area contributed by atoms with Crippen molar-refractivity contribution in [3.63, 3.8) is 0 Å². The highest BCUT2D eigenvalue weighted by atomic mass is 16.7. The van der Waals surface area contributed by atoms with Gasteiger partial charge in [0.2, 0.25) is 0 Å². The largest absolute Gasteiger partial charge is 0.545 e. The maximum Gasteiger partial charge on any atom is 0.306 e. The van der Waals surface area contributed by atoms with Crippen molar-refractivity contribution >= 4 is 17.9 Å². The second-order valence-electron chi connectivity index (χ2n) is 17.0. The molecule has 2 unspecified atom stereocenters. The number of quaternary nitrogens is 1. The number of carbonyl (C=O) groups excluding carboxylic acids is 3. The molecule has 354 valence electrons. The summed E-state index contributed by atoms with van der Waals surface area (Å²) in [7, 11) is 5.89. The van der Waals surface area contributed by atoms with Gasteiger partial charge in [-0.2, -0.15) is 0 Å². The summed E-state index contributed by atoms with van der Waals surface area (Å²) >= 11 is 0. The Balaban J connectivity index is 4.46. The maximum atomic E-state index is 12.8. The van der Waals surface area contributed by atoms with Gasteiger partial charge in [0, 0.05) is 12.8 Å².